The molecular formula is C23H38N6S. The van der Waals surface area contributed by atoms with E-state index >= 15 is 0 Å². The van der Waals surface area contributed by atoms with Gasteiger partial charge in [0.05, 0.1) is 0 Å². The molecule has 166 valence electrons. The maximum absolute atomic E-state index is 5.65. The average Bonchev–Trinajstić information content (AvgIpc) is 3.03. The molecule has 4 rings (SSSR count). The molecule has 1 aliphatic carbocycles. The number of piperidine rings is 2. The van der Waals surface area contributed by atoms with E-state index in [9.17, 15) is 0 Å². The highest BCUT2D eigenvalue weighted by Crippen LogP contribution is 2.27. The average molecular weight is 431 g/mol. The molecule has 3 heterocycles. The zero-order valence-corrected chi connectivity index (χ0v) is 19.4. The summed E-state index contributed by atoms with van der Waals surface area (Å²) in [6.07, 6.45) is 14.0. The Hall–Kier alpha value is -1.63. The monoisotopic (exact) mass is 430 g/mol. The van der Waals surface area contributed by atoms with Crippen LogP contribution in [0, 0.1) is 5.92 Å². The Labute approximate surface area is 187 Å². The fourth-order valence-electron chi connectivity index (χ4n) is 5.07. The van der Waals surface area contributed by atoms with Crippen LogP contribution in [-0.4, -0.2) is 47.3 Å². The van der Waals surface area contributed by atoms with Gasteiger partial charge in [-0.2, -0.15) is 9.97 Å². The van der Waals surface area contributed by atoms with E-state index in [2.05, 4.69) is 33.4 Å². The first-order valence-electron chi connectivity index (χ1n) is 12.1. The van der Waals surface area contributed by atoms with Crippen molar-refractivity contribution in [1.82, 2.24) is 15.3 Å². The Bertz CT molecular complexity index is 697. The molecule has 3 fully saturated rings. The Kier molecular flexibility index (Phi) is 7.63. The third-order valence-electron chi connectivity index (χ3n) is 6.78. The highest BCUT2D eigenvalue weighted by molar-refractivity contribution is 7.80. The van der Waals surface area contributed by atoms with E-state index < -0.39 is 0 Å². The molecule has 0 spiro atoms. The Morgan fingerprint density at radius 2 is 1.50 bits per heavy atom. The van der Waals surface area contributed by atoms with Gasteiger partial charge in [0.1, 0.15) is 11.6 Å². The van der Waals surface area contributed by atoms with Gasteiger partial charge < -0.3 is 20.4 Å². The first-order chi connectivity index (χ1) is 14.7. The van der Waals surface area contributed by atoms with Crippen LogP contribution in [0.25, 0.3) is 0 Å². The molecule has 6 nitrogen and oxygen atoms in total. The number of nitrogens with zero attached hydrogens (tertiary/aromatic N) is 4. The van der Waals surface area contributed by atoms with Crippen molar-refractivity contribution >= 4 is 34.9 Å². The van der Waals surface area contributed by atoms with Crippen LogP contribution in [0.5, 0.6) is 0 Å². The summed E-state index contributed by atoms with van der Waals surface area (Å²) in [7, 11) is 0. The van der Waals surface area contributed by atoms with E-state index in [1.54, 1.807) is 0 Å². The number of thiocarbonyl (C=S) groups is 1. The van der Waals surface area contributed by atoms with E-state index in [1.165, 1.54) is 70.6 Å². The summed E-state index contributed by atoms with van der Waals surface area (Å²) in [4.78, 5) is 14.6. The normalized spacial score (nSPS) is 23.7. The largest absolute Gasteiger partial charge is 0.360 e. The van der Waals surface area contributed by atoms with Gasteiger partial charge >= 0.3 is 0 Å². The van der Waals surface area contributed by atoms with Gasteiger partial charge in [-0.15, -0.1) is 0 Å². The number of aromatic nitrogens is 2. The van der Waals surface area contributed by atoms with Crippen LogP contribution >= 0.6 is 12.2 Å². The number of anilines is 3. The lowest BCUT2D eigenvalue weighted by Gasteiger charge is -2.33. The third-order valence-corrected chi connectivity index (χ3v) is 7.00. The van der Waals surface area contributed by atoms with E-state index in [0.29, 0.717) is 23.0 Å². The summed E-state index contributed by atoms with van der Waals surface area (Å²) in [6, 6.07) is 2.66. The summed E-state index contributed by atoms with van der Waals surface area (Å²) < 4.78 is 0. The Balaban J connectivity index is 1.49. The Morgan fingerprint density at radius 3 is 2.20 bits per heavy atom. The van der Waals surface area contributed by atoms with Crippen LogP contribution in [0.4, 0.5) is 17.6 Å². The van der Waals surface area contributed by atoms with Gasteiger partial charge in [0, 0.05) is 38.3 Å². The van der Waals surface area contributed by atoms with E-state index in [0.717, 1.165) is 37.8 Å². The summed E-state index contributed by atoms with van der Waals surface area (Å²) in [5.74, 6) is 3.42. The van der Waals surface area contributed by atoms with E-state index in [4.69, 9.17) is 22.2 Å². The van der Waals surface area contributed by atoms with Crippen molar-refractivity contribution in [3.05, 3.63) is 6.07 Å². The standard InChI is InChI=1S/C23H38N6S/c1-18-10-9-15-29(17-18)21-16-20(28-13-7-4-8-14-28)25-22(26-21)27-23(30)24-19-11-5-2-3-6-12-19/h16,18-19H,2-15,17H2,1H3,(H2,24,25,26,27,30)/t18-/m0/s1. The maximum atomic E-state index is 5.65. The molecule has 1 saturated carbocycles. The van der Waals surface area contributed by atoms with Crippen molar-refractivity contribution in [3.8, 4) is 0 Å². The molecule has 2 saturated heterocycles. The minimum atomic E-state index is 0.472. The summed E-state index contributed by atoms with van der Waals surface area (Å²) in [6.45, 7) is 6.64. The molecule has 0 unspecified atom stereocenters. The predicted molar refractivity (Wildman–Crippen MR) is 130 cm³/mol. The van der Waals surface area contributed by atoms with Gasteiger partial charge in [-0.1, -0.05) is 32.6 Å². The predicted octanol–water partition coefficient (Wildman–Crippen LogP) is 4.71. The molecule has 1 atom stereocenters. The summed E-state index contributed by atoms with van der Waals surface area (Å²) in [5.41, 5.74) is 0. The van der Waals surface area contributed by atoms with Gasteiger partial charge in [0.2, 0.25) is 5.95 Å². The first kappa shape index (κ1) is 21.6. The smallest absolute Gasteiger partial charge is 0.232 e. The zero-order chi connectivity index (χ0) is 20.8. The molecule has 2 aliphatic heterocycles. The van der Waals surface area contributed by atoms with Crippen LogP contribution in [0.15, 0.2) is 6.07 Å². The molecule has 7 heteroatoms. The van der Waals surface area contributed by atoms with Gasteiger partial charge in [-0.25, -0.2) is 0 Å². The highest BCUT2D eigenvalue weighted by Gasteiger charge is 2.22. The minimum absolute atomic E-state index is 0.472. The second-order valence-corrected chi connectivity index (χ2v) is 9.84. The van der Waals surface area contributed by atoms with E-state index in [1.807, 2.05) is 0 Å². The Morgan fingerprint density at radius 1 is 0.867 bits per heavy atom. The molecular weight excluding hydrogens is 392 g/mol. The fourth-order valence-corrected chi connectivity index (χ4v) is 5.33. The third kappa shape index (κ3) is 5.96. The molecule has 2 N–H and O–H groups in total. The lowest BCUT2D eigenvalue weighted by atomic mass is 10.0. The SMILES string of the molecule is C[C@H]1CCCN(c2cc(N3CCCCC3)nc(NC(=S)NC3CCCCCC3)n2)C1. The molecule has 0 amide bonds. The lowest BCUT2D eigenvalue weighted by molar-refractivity contribution is 0.444. The zero-order valence-electron chi connectivity index (χ0n) is 18.5. The van der Waals surface area contributed by atoms with Crippen molar-refractivity contribution in [2.45, 2.75) is 83.6 Å². The van der Waals surface area contributed by atoms with Gasteiger partial charge in [-0.3, -0.25) is 0 Å². The van der Waals surface area contributed by atoms with Crippen molar-refractivity contribution in [2.24, 2.45) is 5.92 Å². The van der Waals surface area contributed by atoms with Crippen LogP contribution < -0.4 is 20.4 Å². The molecule has 0 radical (unpaired) electrons. The lowest BCUT2D eigenvalue weighted by Crippen LogP contribution is -2.39. The van der Waals surface area contributed by atoms with Crippen LogP contribution in [0.1, 0.15) is 77.6 Å². The molecule has 0 bridgehead atoms. The van der Waals surface area contributed by atoms with Gasteiger partial charge in [0.25, 0.3) is 0 Å². The second-order valence-electron chi connectivity index (χ2n) is 9.44. The van der Waals surface area contributed by atoms with Crippen LogP contribution in [0.2, 0.25) is 0 Å². The molecule has 0 aromatic carbocycles. The second kappa shape index (κ2) is 10.6. The summed E-state index contributed by atoms with van der Waals surface area (Å²) in [5, 5.41) is 7.51. The van der Waals surface area contributed by atoms with E-state index in [-0.39, 0.29) is 0 Å². The summed E-state index contributed by atoms with van der Waals surface area (Å²) >= 11 is 5.65. The topological polar surface area (TPSA) is 56.3 Å². The quantitative estimate of drug-likeness (QED) is 0.530. The molecule has 1 aromatic heterocycles. The number of nitrogens with one attached hydrogen (secondary N) is 2. The van der Waals surface area contributed by atoms with Crippen molar-refractivity contribution in [3.63, 3.8) is 0 Å². The van der Waals surface area contributed by atoms with Gasteiger partial charge in [-0.05, 0) is 63.1 Å². The van der Waals surface area contributed by atoms with Crippen LogP contribution in [-0.2, 0) is 0 Å². The number of rotatable bonds is 4. The van der Waals surface area contributed by atoms with Crippen molar-refractivity contribution in [2.75, 3.05) is 41.3 Å². The van der Waals surface area contributed by atoms with Crippen LogP contribution in [0.3, 0.4) is 0 Å². The van der Waals surface area contributed by atoms with Crippen molar-refractivity contribution < 1.29 is 0 Å². The first-order valence-corrected chi connectivity index (χ1v) is 12.5. The van der Waals surface area contributed by atoms with Gasteiger partial charge in [0.15, 0.2) is 5.11 Å². The fraction of sp³-hybridized carbons (Fsp3) is 0.783. The van der Waals surface area contributed by atoms with Crippen molar-refractivity contribution in [1.29, 1.82) is 0 Å². The molecule has 1 aromatic rings. The minimum Gasteiger partial charge on any atom is -0.360 e. The maximum Gasteiger partial charge on any atom is 0.232 e. The molecule has 30 heavy (non-hydrogen) atoms. The number of hydrogen-bond acceptors (Lipinski definition) is 5. The highest BCUT2D eigenvalue weighted by atomic mass is 32.1. The number of hydrogen-bond donors (Lipinski definition) is 2. The molecule has 3 aliphatic rings.